The summed E-state index contributed by atoms with van der Waals surface area (Å²) in [6.45, 7) is 2.08. The van der Waals surface area contributed by atoms with Crippen LogP contribution in [0.2, 0.25) is 0 Å². The monoisotopic (exact) mass is 267 g/mol. The maximum absolute atomic E-state index is 10.4. The Balaban J connectivity index is 2.01. The Bertz CT molecular complexity index is 516. The third-order valence-electron chi connectivity index (χ3n) is 2.43. The molecule has 0 fully saturated rings. The fourth-order valence-corrected chi connectivity index (χ4v) is 3.35. The molecule has 0 aliphatic carbocycles. The lowest BCUT2D eigenvalue weighted by Gasteiger charge is -1.94. The van der Waals surface area contributed by atoms with Crippen molar-refractivity contribution < 1.29 is 9.90 Å². The van der Waals surface area contributed by atoms with Gasteiger partial charge < -0.3 is 5.11 Å². The van der Waals surface area contributed by atoms with Gasteiger partial charge in [0, 0.05) is 11.8 Å². The van der Waals surface area contributed by atoms with E-state index in [0.29, 0.717) is 6.42 Å². The average Bonchev–Trinajstić information content (AvgIpc) is 2.86. The van der Waals surface area contributed by atoms with E-state index in [0.717, 1.165) is 17.1 Å². The Labute approximate surface area is 108 Å². The van der Waals surface area contributed by atoms with E-state index in [9.17, 15) is 4.79 Å². The minimum Gasteiger partial charge on any atom is -0.481 e. The zero-order chi connectivity index (χ0) is 12.3. The lowest BCUT2D eigenvalue weighted by molar-refractivity contribution is -0.137. The number of hydrogen-bond acceptors (Lipinski definition) is 4. The van der Waals surface area contributed by atoms with Gasteiger partial charge in [-0.05, 0) is 36.8 Å². The predicted molar refractivity (Wildman–Crippen MR) is 70.7 cm³/mol. The molecule has 0 aromatic carbocycles. The van der Waals surface area contributed by atoms with Gasteiger partial charge in [0.2, 0.25) is 0 Å². The van der Waals surface area contributed by atoms with Crippen molar-refractivity contribution in [1.29, 1.82) is 0 Å². The Morgan fingerprint density at radius 2 is 2.29 bits per heavy atom. The zero-order valence-corrected chi connectivity index (χ0v) is 11.1. The largest absolute Gasteiger partial charge is 0.481 e. The maximum atomic E-state index is 10.4. The van der Waals surface area contributed by atoms with E-state index in [-0.39, 0.29) is 6.42 Å². The molecule has 2 rings (SSSR count). The Morgan fingerprint density at radius 1 is 1.47 bits per heavy atom. The van der Waals surface area contributed by atoms with Crippen molar-refractivity contribution in [2.24, 2.45) is 0 Å². The van der Waals surface area contributed by atoms with Crippen molar-refractivity contribution in [3.8, 4) is 10.6 Å². The SMILES string of the molecule is Cc1ccsc1-c1csc(CCCC(=O)O)n1. The number of nitrogens with zero attached hydrogens (tertiary/aromatic N) is 1. The van der Waals surface area contributed by atoms with Gasteiger partial charge in [-0.15, -0.1) is 22.7 Å². The molecule has 17 heavy (non-hydrogen) atoms. The second-order valence-corrected chi connectivity index (χ2v) is 5.67. The van der Waals surface area contributed by atoms with E-state index in [4.69, 9.17) is 5.11 Å². The van der Waals surface area contributed by atoms with Gasteiger partial charge in [-0.1, -0.05) is 0 Å². The molecule has 0 atom stereocenters. The van der Waals surface area contributed by atoms with E-state index >= 15 is 0 Å². The van der Waals surface area contributed by atoms with Crippen molar-refractivity contribution in [3.05, 3.63) is 27.4 Å². The van der Waals surface area contributed by atoms with Gasteiger partial charge in [-0.3, -0.25) is 4.79 Å². The minimum absolute atomic E-state index is 0.215. The number of hydrogen-bond donors (Lipinski definition) is 1. The summed E-state index contributed by atoms with van der Waals surface area (Å²) in [7, 11) is 0. The second kappa shape index (κ2) is 5.42. The highest BCUT2D eigenvalue weighted by atomic mass is 32.1. The van der Waals surface area contributed by atoms with Crippen LogP contribution in [0.4, 0.5) is 0 Å². The molecule has 2 aromatic rings. The lowest BCUT2D eigenvalue weighted by atomic mass is 10.2. The third kappa shape index (κ3) is 3.14. The van der Waals surface area contributed by atoms with Crippen LogP contribution in [0.1, 0.15) is 23.4 Å². The molecule has 0 amide bonds. The van der Waals surface area contributed by atoms with Crippen molar-refractivity contribution in [3.63, 3.8) is 0 Å². The number of carboxylic acid groups (broad SMARTS) is 1. The van der Waals surface area contributed by atoms with Crippen LogP contribution in [0.15, 0.2) is 16.8 Å². The molecule has 5 heteroatoms. The van der Waals surface area contributed by atoms with Crippen LogP contribution in [0, 0.1) is 6.92 Å². The predicted octanol–water partition coefficient (Wildman–Crippen LogP) is 3.59. The van der Waals surface area contributed by atoms with Crippen LogP contribution in [-0.2, 0) is 11.2 Å². The summed E-state index contributed by atoms with van der Waals surface area (Å²) in [6.07, 6.45) is 1.63. The van der Waals surface area contributed by atoms with Gasteiger partial charge in [0.05, 0.1) is 15.6 Å². The topological polar surface area (TPSA) is 50.2 Å². The molecule has 0 spiro atoms. The standard InChI is InChI=1S/C12H13NO2S2/c1-8-5-6-16-12(8)9-7-17-10(13-9)3-2-4-11(14)15/h5-7H,2-4H2,1H3,(H,14,15). The molecule has 90 valence electrons. The number of aromatic nitrogens is 1. The first kappa shape index (κ1) is 12.3. The van der Waals surface area contributed by atoms with Gasteiger partial charge in [0.15, 0.2) is 0 Å². The van der Waals surface area contributed by atoms with E-state index in [1.165, 1.54) is 10.4 Å². The van der Waals surface area contributed by atoms with Crippen LogP contribution in [-0.4, -0.2) is 16.1 Å². The molecule has 2 heterocycles. The normalized spacial score (nSPS) is 10.6. The van der Waals surface area contributed by atoms with Crippen molar-refractivity contribution in [2.75, 3.05) is 0 Å². The van der Waals surface area contributed by atoms with Crippen molar-refractivity contribution in [1.82, 2.24) is 4.98 Å². The van der Waals surface area contributed by atoms with Crippen LogP contribution in [0.3, 0.4) is 0 Å². The van der Waals surface area contributed by atoms with Gasteiger partial charge in [-0.25, -0.2) is 4.98 Å². The molecule has 0 aliphatic heterocycles. The van der Waals surface area contributed by atoms with Crippen LogP contribution in [0.25, 0.3) is 10.6 Å². The number of thiazole rings is 1. The van der Waals surface area contributed by atoms with Crippen molar-refractivity contribution in [2.45, 2.75) is 26.2 Å². The Hall–Kier alpha value is -1.20. The lowest BCUT2D eigenvalue weighted by Crippen LogP contribution is -1.95. The van der Waals surface area contributed by atoms with Gasteiger partial charge in [-0.2, -0.15) is 0 Å². The number of aliphatic carboxylic acids is 1. The summed E-state index contributed by atoms with van der Waals surface area (Å²) < 4.78 is 0. The first-order valence-corrected chi connectivity index (χ1v) is 7.13. The van der Waals surface area contributed by atoms with Crippen LogP contribution < -0.4 is 0 Å². The number of thiophene rings is 1. The van der Waals surface area contributed by atoms with E-state index in [2.05, 4.69) is 28.7 Å². The molecule has 3 nitrogen and oxygen atoms in total. The van der Waals surface area contributed by atoms with Gasteiger partial charge in [0.1, 0.15) is 0 Å². The van der Waals surface area contributed by atoms with E-state index in [1.54, 1.807) is 22.7 Å². The molecular weight excluding hydrogens is 254 g/mol. The summed E-state index contributed by atoms with van der Waals surface area (Å²) in [6, 6.07) is 2.09. The molecule has 0 radical (unpaired) electrons. The second-order valence-electron chi connectivity index (χ2n) is 3.81. The summed E-state index contributed by atoms with van der Waals surface area (Å²) in [4.78, 5) is 16.2. The zero-order valence-electron chi connectivity index (χ0n) is 9.47. The van der Waals surface area contributed by atoms with E-state index < -0.39 is 5.97 Å². The number of carbonyl (C=O) groups is 1. The quantitative estimate of drug-likeness (QED) is 0.900. The first-order chi connectivity index (χ1) is 8.16. The molecule has 0 saturated carbocycles. The summed E-state index contributed by atoms with van der Waals surface area (Å²) in [5.41, 5.74) is 2.27. The number of rotatable bonds is 5. The highest BCUT2D eigenvalue weighted by Crippen LogP contribution is 2.30. The van der Waals surface area contributed by atoms with Gasteiger partial charge in [0.25, 0.3) is 0 Å². The summed E-state index contributed by atoms with van der Waals surface area (Å²) in [5, 5.41) is 13.7. The highest BCUT2D eigenvalue weighted by Gasteiger charge is 2.08. The number of carboxylic acids is 1. The summed E-state index contributed by atoms with van der Waals surface area (Å²) >= 11 is 3.31. The molecule has 0 unspecified atom stereocenters. The molecule has 1 N–H and O–H groups in total. The molecule has 0 saturated heterocycles. The van der Waals surface area contributed by atoms with E-state index in [1.807, 2.05) is 0 Å². The summed E-state index contributed by atoms with van der Waals surface area (Å²) in [5.74, 6) is -0.740. The van der Waals surface area contributed by atoms with Gasteiger partial charge >= 0.3 is 5.97 Å². The minimum atomic E-state index is -0.740. The highest BCUT2D eigenvalue weighted by molar-refractivity contribution is 7.14. The van der Waals surface area contributed by atoms with Crippen molar-refractivity contribution >= 4 is 28.6 Å². The first-order valence-electron chi connectivity index (χ1n) is 5.37. The van der Waals surface area contributed by atoms with Crippen LogP contribution >= 0.6 is 22.7 Å². The molecular formula is C12H13NO2S2. The number of aryl methyl sites for hydroxylation is 2. The maximum Gasteiger partial charge on any atom is 0.303 e. The molecule has 2 aromatic heterocycles. The third-order valence-corrected chi connectivity index (χ3v) is 4.38. The smallest absolute Gasteiger partial charge is 0.303 e. The Kier molecular flexibility index (Phi) is 3.91. The fraction of sp³-hybridized carbons (Fsp3) is 0.333. The van der Waals surface area contributed by atoms with Crippen LogP contribution in [0.5, 0.6) is 0 Å². The molecule has 0 bridgehead atoms. The molecule has 0 aliphatic rings. The Morgan fingerprint density at radius 3 is 2.94 bits per heavy atom. The average molecular weight is 267 g/mol. The fourth-order valence-electron chi connectivity index (χ4n) is 1.56.